The molecule has 1 aliphatic heterocycles. The van der Waals surface area contributed by atoms with Gasteiger partial charge in [0, 0.05) is 62.6 Å². The van der Waals surface area contributed by atoms with Crippen molar-refractivity contribution in [3.63, 3.8) is 0 Å². The summed E-state index contributed by atoms with van der Waals surface area (Å²) in [5, 5.41) is 13.9. The second kappa shape index (κ2) is 11.9. The Balaban J connectivity index is 1.31. The van der Waals surface area contributed by atoms with Crippen molar-refractivity contribution < 1.29 is 9.47 Å². The Bertz CT molecular complexity index is 832. The van der Waals surface area contributed by atoms with Crippen LogP contribution in [0.4, 0.5) is 10.9 Å². The summed E-state index contributed by atoms with van der Waals surface area (Å²) in [5.74, 6) is 1.63. The van der Waals surface area contributed by atoms with Crippen LogP contribution >= 0.6 is 11.3 Å². The number of hydrogen-bond donors (Lipinski definition) is 3. The van der Waals surface area contributed by atoms with Crippen molar-refractivity contribution in [2.24, 2.45) is 5.92 Å². The number of hydrogen-bond acceptors (Lipinski definition) is 8. The minimum atomic E-state index is 0.477. The third kappa shape index (κ3) is 6.63. The van der Waals surface area contributed by atoms with Crippen molar-refractivity contribution in [1.82, 2.24) is 15.3 Å². The molecule has 0 aromatic carbocycles. The van der Waals surface area contributed by atoms with Gasteiger partial charge in [0.1, 0.15) is 5.82 Å². The SMILES string of the molecule is COCCNC1CCC(Nc2cc(-c3csc(NCC4CCOCC4)n3)c(C)cn2)CC1. The Hall–Kier alpha value is -1.74. The average Bonchev–Trinajstić information content (AvgIpc) is 3.30. The first kappa shape index (κ1) is 23.4. The van der Waals surface area contributed by atoms with Gasteiger partial charge in [-0.05, 0) is 63.0 Å². The summed E-state index contributed by atoms with van der Waals surface area (Å²) in [6, 6.07) is 3.24. The molecule has 8 heteroatoms. The Kier molecular flexibility index (Phi) is 8.73. The van der Waals surface area contributed by atoms with Crippen molar-refractivity contribution in [1.29, 1.82) is 0 Å². The van der Waals surface area contributed by atoms with E-state index in [0.29, 0.717) is 18.0 Å². The van der Waals surface area contributed by atoms with Crippen LogP contribution in [0.15, 0.2) is 17.6 Å². The number of anilines is 2. The van der Waals surface area contributed by atoms with E-state index in [9.17, 15) is 0 Å². The molecule has 1 aliphatic carbocycles. The Labute approximate surface area is 195 Å². The molecule has 3 heterocycles. The van der Waals surface area contributed by atoms with E-state index in [1.54, 1.807) is 18.4 Å². The van der Waals surface area contributed by atoms with Gasteiger partial charge in [-0.15, -0.1) is 11.3 Å². The molecule has 0 unspecified atom stereocenters. The smallest absolute Gasteiger partial charge is 0.183 e. The fraction of sp³-hybridized carbons (Fsp3) is 0.667. The maximum atomic E-state index is 5.46. The fourth-order valence-corrected chi connectivity index (χ4v) is 5.28. The molecule has 2 aliphatic rings. The summed E-state index contributed by atoms with van der Waals surface area (Å²) >= 11 is 1.68. The van der Waals surface area contributed by atoms with Crippen LogP contribution in [-0.2, 0) is 9.47 Å². The van der Waals surface area contributed by atoms with E-state index in [0.717, 1.165) is 86.4 Å². The van der Waals surface area contributed by atoms with E-state index in [1.165, 1.54) is 12.8 Å². The number of aryl methyl sites for hydroxylation is 1. The zero-order valence-corrected chi connectivity index (χ0v) is 20.2. The van der Waals surface area contributed by atoms with Gasteiger partial charge < -0.3 is 25.4 Å². The molecule has 32 heavy (non-hydrogen) atoms. The molecule has 3 N–H and O–H groups in total. The molecule has 0 bridgehead atoms. The number of rotatable bonds is 10. The van der Waals surface area contributed by atoms with Crippen molar-refractivity contribution in [3.8, 4) is 11.3 Å². The maximum absolute atomic E-state index is 5.46. The lowest BCUT2D eigenvalue weighted by Crippen LogP contribution is -2.38. The van der Waals surface area contributed by atoms with Gasteiger partial charge in [-0.25, -0.2) is 9.97 Å². The number of nitrogens with zero attached hydrogens (tertiary/aromatic N) is 2. The standard InChI is InChI=1S/C24H37N5O2S/c1-17-14-26-23(28-20-5-3-19(4-6-20)25-9-12-30-2)13-21(17)22-16-32-24(29-22)27-15-18-7-10-31-11-8-18/h13-14,16,18-20,25H,3-12,15H2,1-2H3,(H,26,28)(H,27,29). The minimum Gasteiger partial charge on any atom is -0.383 e. The highest BCUT2D eigenvalue weighted by Crippen LogP contribution is 2.30. The minimum absolute atomic E-state index is 0.477. The summed E-state index contributed by atoms with van der Waals surface area (Å²) in [7, 11) is 1.75. The molecule has 1 saturated heterocycles. The summed E-state index contributed by atoms with van der Waals surface area (Å²) in [6.07, 6.45) is 8.93. The molecule has 2 aromatic heterocycles. The van der Waals surface area contributed by atoms with Crippen LogP contribution in [0.5, 0.6) is 0 Å². The third-order valence-corrected chi connectivity index (χ3v) is 7.38. The van der Waals surface area contributed by atoms with Gasteiger partial charge in [0.15, 0.2) is 5.13 Å². The topological polar surface area (TPSA) is 80.3 Å². The average molecular weight is 460 g/mol. The van der Waals surface area contributed by atoms with Crippen LogP contribution in [0.2, 0.25) is 0 Å². The van der Waals surface area contributed by atoms with Crippen LogP contribution in [0.25, 0.3) is 11.3 Å². The molecule has 0 atom stereocenters. The van der Waals surface area contributed by atoms with Gasteiger partial charge in [0.25, 0.3) is 0 Å². The highest BCUT2D eigenvalue weighted by Gasteiger charge is 2.21. The lowest BCUT2D eigenvalue weighted by molar-refractivity contribution is 0.0699. The number of pyridine rings is 1. The van der Waals surface area contributed by atoms with Crippen LogP contribution in [0, 0.1) is 12.8 Å². The van der Waals surface area contributed by atoms with E-state index in [4.69, 9.17) is 14.5 Å². The molecule has 0 spiro atoms. The van der Waals surface area contributed by atoms with E-state index < -0.39 is 0 Å². The number of thiazole rings is 1. The molecule has 7 nitrogen and oxygen atoms in total. The highest BCUT2D eigenvalue weighted by atomic mass is 32.1. The quantitative estimate of drug-likeness (QED) is 0.457. The molecule has 0 radical (unpaired) electrons. The first-order valence-electron chi connectivity index (χ1n) is 11.9. The van der Waals surface area contributed by atoms with Gasteiger partial charge in [0.05, 0.1) is 12.3 Å². The van der Waals surface area contributed by atoms with Crippen LogP contribution in [0.3, 0.4) is 0 Å². The van der Waals surface area contributed by atoms with E-state index in [2.05, 4.69) is 39.3 Å². The van der Waals surface area contributed by atoms with Gasteiger partial charge in [-0.3, -0.25) is 0 Å². The third-order valence-electron chi connectivity index (χ3n) is 6.58. The second-order valence-electron chi connectivity index (χ2n) is 9.00. The first-order valence-corrected chi connectivity index (χ1v) is 12.8. The number of methoxy groups -OCH3 is 1. The molecule has 4 rings (SSSR count). The maximum Gasteiger partial charge on any atom is 0.183 e. The van der Waals surface area contributed by atoms with E-state index >= 15 is 0 Å². The zero-order chi connectivity index (χ0) is 22.2. The summed E-state index contributed by atoms with van der Waals surface area (Å²) in [5.41, 5.74) is 3.34. The van der Waals surface area contributed by atoms with Crippen LogP contribution in [0.1, 0.15) is 44.1 Å². The molecular formula is C24H37N5O2S. The van der Waals surface area contributed by atoms with Crippen molar-refractivity contribution in [2.45, 2.75) is 57.5 Å². The predicted molar refractivity (Wildman–Crippen MR) is 132 cm³/mol. The Morgan fingerprint density at radius 2 is 1.91 bits per heavy atom. The molecule has 2 aromatic rings. The normalized spacial score (nSPS) is 22.1. The number of ether oxygens (including phenoxy) is 2. The molecular weight excluding hydrogens is 422 g/mol. The van der Waals surface area contributed by atoms with Crippen LogP contribution < -0.4 is 16.0 Å². The molecule has 176 valence electrons. The lowest BCUT2D eigenvalue weighted by Gasteiger charge is -2.30. The van der Waals surface area contributed by atoms with E-state index in [-0.39, 0.29) is 0 Å². The van der Waals surface area contributed by atoms with Crippen LogP contribution in [-0.4, -0.2) is 62.1 Å². The predicted octanol–water partition coefficient (Wildman–Crippen LogP) is 4.31. The molecule has 2 fully saturated rings. The lowest BCUT2D eigenvalue weighted by atomic mass is 9.91. The van der Waals surface area contributed by atoms with Gasteiger partial charge >= 0.3 is 0 Å². The van der Waals surface area contributed by atoms with E-state index in [1.807, 2.05) is 6.20 Å². The van der Waals surface area contributed by atoms with Crippen molar-refractivity contribution in [3.05, 3.63) is 23.2 Å². The molecule has 0 amide bonds. The zero-order valence-electron chi connectivity index (χ0n) is 19.4. The Morgan fingerprint density at radius 1 is 1.12 bits per heavy atom. The summed E-state index contributed by atoms with van der Waals surface area (Å²) in [4.78, 5) is 9.51. The highest BCUT2D eigenvalue weighted by molar-refractivity contribution is 7.14. The van der Waals surface area contributed by atoms with Crippen molar-refractivity contribution in [2.75, 3.05) is 50.7 Å². The van der Waals surface area contributed by atoms with Gasteiger partial charge in [-0.2, -0.15) is 0 Å². The number of aromatic nitrogens is 2. The largest absolute Gasteiger partial charge is 0.383 e. The summed E-state index contributed by atoms with van der Waals surface area (Å²) < 4.78 is 10.6. The fourth-order valence-electron chi connectivity index (χ4n) is 4.56. The monoisotopic (exact) mass is 459 g/mol. The Morgan fingerprint density at radius 3 is 2.69 bits per heavy atom. The summed E-state index contributed by atoms with van der Waals surface area (Å²) in [6.45, 7) is 6.55. The first-order chi connectivity index (χ1) is 15.7. The van der Waals surface area contributed by atoms with Gasteiger partial charge in [0.2, 0.25) is 0 Å². The number of nitrogens with one attached hydrogen (secondary N) is 3. The second-order valence-corrected chi connectivity index (χ2v) is 9.86. The molecule has 1 saturated carbocycles. The van der Waals surface area contributed by atoms with Crippen molar-refractivity contribution >= 4 is 22.3 Å². The van der Waals surface area contributed by atoms with Gasteiger partial charge in [-0.1, -0.05) is 0 Å².